The van der Waals surface area contributed by atoms with Gasteiger partial charge in [-0.2, -0.15) is 5.10 Å². The molecule has 0 amide bonds. The summed E-state index contributed by atoms with van der Waals surface area (Å²) in [5.74, 6) is 0.482. The van der Waals surface area contributed by atoms with Gasteiger partial charge in [0, 0.05) is 0 Å². The number of rotatable bonds is 3. The van der Waals surface area contributed by atoms with Gasteiger partial charge in [0.15, 0.2) is 5.65 Å². The van der Waals surface area contributed by atoms with Crippen LogP contribution in [-0.2, 0) is 6.42 Å². The van der Waals surface area contributed by atoms with Crippen LogP contribution >= 0.6 is 0 Å². The number of benzene rings is 1. The minimum Gasteiger partial charge on any atom is -0.507 e. The van der Waals surface area contributed by atoms with Crippen molar-refractivity contribution in [1.82, 2.24) is 19.7 Å². The quantitative estimate of drug-likeness (QED) is 0.775. The Bertz CT molecular complexity index is 951. The molecule has 0 bridgehead atoms. The molecular weight excluding hydrogens is 304 g/mol. The fourth-order valence-corrected chi connectivity index (χ4v) is 3.57. The average molecular weight is 324 g/mol. The molecule has 124 valence electrons. The van der Waals surface area contributed by atoms with Crippen molar-refractivity contribution < 1.29 is 5.11 Å². The molecule has 0 aliphatic heterocycles. The Hall–Kier alpha value is -2.63. The predicted molar refractivity (Wildman–Crippen MR) is 92.1 cm³/mol. The van der Waals surface area contributed by atoms with Crippen molar-refractivity contribution in [1.29, 1.82) is 0 Å². The number of nitrogens with one attached hydrogen (secondary N) is 1. The third-order valence-electron chi connectivity index (χ3n) is 4.80. The molecule has 1 aliphatic rings. The smallest absolute Gasteiger partial charge is 0.262 e. The van der Waals surface area contributed by atoms with Gasteiger partial charge in [0.1, 0.15) is 17.0 Å². The van der Waals surface area contributed by atoms with E-state index in [1.54, 1.807) is 18.2 Å². The third-order valence-corrected chi connectivity index (χ3v) is 4.80. The Kier molecular flexibility index (Phi) is 3.59. The number of H-pyrrole nitrogens is 1. The molecule has 1 aliphatic carbocycles. The van der Waals surface area contributed by atoms with E-state index in [-0.39, 0.29) is 11.3 Å². The van der Waals surface area contributed by atoms with Gasteiger partial charge in [-0.25, -0.2) is 9.67 Å². The highest BCUT2D eigenvalue weighted by molar-refractivity contribution is 5.80. The van der Waals surface area contributed by atoms with Gasteiger partial charge in [-0.1, -0.05) is 31.9 Å². The molecule has 1 saturated carbocycles. The number of phenolic OH excluding ortho intramolecular Hbond substituents is 1. The second kappa shape index (κ2) is 5.78. The molecule has 6 heteroatoms. The molecular formula is C18H20N4O2. The Morgan fingerprint density at radius 1 is 1.29 bits per heavy atom. The van der Waals surface area contributed by atoms with Gasteiger partial charge in [-0.05, 0) is 31.4 Å². The number of aromatic hydroxyl groups is 1. The van der Waals surface area contributed by atoms with Gasteiger partial charge in [-0.3, -0.25) is 4.79 Å². The first-order chi connectivity index (χ1) is 11.7. The number of para-hydroxylation sites is 1. The normalized spacial score (nSPS) is 15.4. The first kappa shape index (κ1) is 14.9. The lowest BCUT2D eigenvalue weighted by atomic mass is 10.2. The topological polar surface area (TPSA) is 83.8 Å². The first-order valence-corrected chi connectivity index (χ1v) is 8.48. The van der Waals surface area contributed by atoms with E-state index >= 15 is 0 Å². The highest BCUT2D eigenvalue weighted by Gasteiger charge is 2.24. The van der Waals surface area contributed by atoms with Crippen molar-refractivity contribution in [3.8, 4) is 17.1 Å². The minimum absolute atomic E-state index is 0.0997. The fraction of sp³-hybridized carbons (Fsp3) is 0.389. The Labute approximate surface area is 139 Å². The monoisotopic (exact) mass is 324 g/mol. The van der Waals surface area contributed by atoms with Crippen LogP contribution in [0, 0.1) is 0 Å². The summed E-state index contributed by atoms with van der Waals surface area (Å²) < 4.78 is 1.93. The lowest BCUT2D eigenvalue weighted by Crippen LogP contribution is -2.12. The van der Waals surface area contributed by atoms with Gasteiger partial charge in [0.25, 0.3) is 5.56 Å². The van der Waals surface area contributed by atoms with Crippen molar-refractivity contribution in [2.75, 3.05) is 0 Å². The number of aryl methyl sites for hydroxylation is 1. The van der Waals surface area contributed by atoms with E-state index in [4.69, 9.17) is 0 Å². The van der Waals surface area contributed by atoms with E-state index in [1.807, 2.05) is 17.7 Å². The van der Waals surface area contributed by atoms with Crippen molar-refractivity contribution in [2.24, 2.45) is 0 Å². The van der Waals surface area contributed by atoms with Crippen LogP contribution in [0.15, 0.2) is 29.1 Å². The van der Waals surface area contributed by atoms with Crippen LogP contribution in [0.3, 0.4) is 0 Å². The van der Waals surface area contributed by atoms with Gasteiger partial charge < -0.3 is 10.1 Å². The number of fused-ring (bicyclic) bond motifs is 1. The summed E-state index contributed by atoms with van der Waals surface area (Å²) in [5.41, 5.74) is 1.74. The molecule has 0 unspecified atom stereocenters. The zero-order valence-corrected chi connectivity index (χ0v) is 13.6. The van der Waals surface area contributed by atoms with E-state index in [0.717, 1.165) is 18.5 Å². The van der Waals surface area contributed by atoms with Crippen LogP contribution in [0.1, 0.15) is 44.3 Å². The van der Waals surface area contributed by atoms with Crippen LogP contribution in [0.2, 0.25) is 0 Å². The molecule has 6 nitrogen and oxygen atoms in total. The van der Waals surface area contributed by atoms with Crippen molar-refractivity contribution in [2.45, 2.75) is 45.1 Å². The predicted octanol–water partition coefficient (Wildman–Crippen LogP) is 3.17. The standard InChI is InChI=1S/C18H20N4O2/c1-2-13-15-17(22(21-13)11-7-3-4-8-11)19-16(20-18(15)24)12-9-5-6-10-14(12)23/h5-6,9-11,23H,2-4,7-8H2,1H3,(H,19,20,24). The SMILES string of the molecule is CCc1nn(C2CCCC2)c2nc(-c3ccccc3O)[nH]c(=O)c12. The summed E-state index contributed by atoms with van der Waals surface area (Å²) in [6.07, 6.45) is 5.20. The maximum absolute atomic E-state index is 12.7. The maximum Gasteiger partial charge on any atom is 0.262 e. The summed E-state index contributed by atoms with van der Waals surface area (Å²) in [6.45, 7) is 2.00. The zero-order valence-electron chi connectivity index (χ0n) is 13.6. The van der Waals surface area contributed by atoms with Gasteiger partial charge in [-0.15, -0.1) is 0 Å². The van der Waals surface area contributed by atoms with Crippen LogP contribution in [-0.4, -0.2) is 24.9 Å². The summed E-state index contributed by atoms with van der Waals surface area (Å²) in [5, 5.41) is 15.3. The van der Waals surface area contributed by atoms with Crippen molar-refractivity contribution in [3.63, 3.8) is 0 Å². The number of nitrogens with zero attached hydrogens (tertiary/aromatic N) is 3. The maximum atomic E-state index is 12.7. The van der Waals surface area contributed by atoms with Crippen LogP contribution in [0.5, 0.6) is 5.75 Å². The largest absolute Gasteiger partial charge is 0.507 e. The number of hydrogen-bond acceptors (Lipinski definition) is 4. The molecule has 0 radical (unpaired) electrons. The average Bonchev–Trinajstić information content (AvgIpc) is 3.22. The van der Waals surface area contributed by atoms with Crippen LogP contribution in [0.25, 0.3) is 22.4 Å². The van der Waals surface area contributed by atoms with Crippen LogP contribution in [0.4, 0.5) is 0 Å². The van der Waals surface area contributed by atoms with Crippen molar-refractivity contribution >= 4 is 11.0 Å². The molecule has 1 aromatic carbocycles. The minimum atomic E-state index is -0.195. The lowest BCUT2D eigenvalue weighted by molar-refractivity contribution is 0.473. The molecule has 3 aromatic rings. The summed E-state index contributed by atoms with van der Waals surface area (Å²) >= 11 is 0. The molecule has 2 aromatic heterocycles. The Morgan fingerprint density at radius 2 is 2.04 bits per heavy atom. The molecule has 0 spiro atoms. The van der Waals surface area contributed by atoms with Gasteiger partial charge >= 0.3 is 0 Å². The molecule has 4 rings (SSSR count). The third kappa shape index (κ3) is 2.29. The Morgan fingerprint density at radius 3 is 2.75 bits per heavy atom. The fourth-order valence-electron chi connectivity index (χ4n) is 3.57. The van der Waals surface area contributed by atoms with Gasteiger partial charge in [0.2, 0.25) is 0 Å². The second-order valence-electron chi connectivity index (χ2n) is 6.31. The molecule has 2 N–H and O–H groups in total. The molecule has 24 heavy (non-hydrogen) atoms. The number of aromatic nitrogens is 4. The van der Waals surface area contributed by atoms with E-state index in [0.29, 0.717) is 34.9 Å². The first-order valence-electron chi connectivity index (χ1n) is 8.48. The summed E-state index contributed by atoms with van der Waals surface area (Å²) in [7, 11) is 0. The van der Waals surface area contributed by atoms with Gasteiger partial charge in [0.05, 0.1) is 17.3 Å². The van der Waals surface area contributed by atoms with Crippen LogP contribution < -0.4 is 5.56 Å². The molecule has 0 saturated heterocycles. The van der Waals surface area contributed by atoms with Crippen molar-refractivity contribution in [3.05, 3.63) is 40.3 Å². The number of phenols is 1. The summed E-state index contributed by atoms with van der Waals surface area (Å²) in [6, 6.07) is 7.19. The van der Waals surface area contributed by atoms with E-state index in [1.165, 1.54) is 12.8 Å². The number of hydrogen-bond donors (Lipinski definition) is 2. The highest BCUT2D eigenvalue weighted by atomic mass is 16.3. The van der Waals surface area contributed by atoms with E-state index in [9.17, 15) is 9.90 Å². The van der Waals surface area contributed by atoms with E-state index in [2.05, 4.69) is 15.1 Å². The second-order valence-corrected chi connectivity index (χ2v) is 6.31. The summed E-state index contributed by atoms with van der Waals surface area (Å²) in [4.78, 5) is 20.1. The molecule has 1 fully saturated rings. The highest BCUT2D eigenvalue weighted by Crippen LogP contribution is 2.32. The lowest BCUT2D eigenvalue weighted by Gasteiger charge is -2.11. The zero-order chi connectivity index (χ0) is 16.7. The number of aromatic amines is 1. The molecule has 0 atom stereocenters. The van der Waals surface area contributed by atoms with E-state index < -0.39 is 0 Å². The molecule has 2 heterocycles. The Balaban J connectivity index is 1.98.